The third-order valence-electron chi connectivity index (χ3n) is 2.62. The van der Waals surface area contributed by atoms with E-state index in [1.165, 1.54) is 15.3 Å². The van der Waals surface area contributed by atoms with E-state index < -0.39 is 0 Å². The number of thioether (sulfide) groups is 1. The van der Waals surface area contributed by atoms with E-state index in [0.29, 0.717) is 0 Å². The molecule has 0 fully saturated rings. The van der Waals surface area contributed by atoms with Gasteiger partial charge in [0.25, 0.3) is 0 Å². The van der Waals surface area contributed by atoms with Crippen molar-refractivity contribution in [2.24, 2.45) is 5.73 Å². The van der Waals surface area contributed by atoms with E-state index in [1.54, 1.807) is 11.3 Å². The molecular formula is C14H17NS2. The standard InChI is InChI=1S/C14H17NS2/c1-2-16-12-7-5-11(6-8-12)14(15)10-13-4-3-9-17-13/h3-9,14H,2,10,15H2,1H3. The lowest BCUT2D eigenvalue weighted by Crippen LogP contribution is -2.12. The highest BCUT2D eigenvalue weighted by Crippen LogP contribution is 2.23. The molecule has 2 rings (SSSR count). The fraction of sp³-hybridized carbons (Fsp3) is 0.286. The lowest BCUT2D eigenvalue weighted by molar-refractivity contribution is 0.729. The Hall–Kier alpha value is -0.770. The number of nitrogens with two attached hydrogens (primary N) is 1. The van der Waals surface area contributed by atoms with Gasteiger partial charge in [-0.25, -0.2) is 0 Å². The Labute approximate surface area is 111 Å². The van der Waals surface area contributed by atoms with Crippen molar-refractivity contribution in [1.82, 2.24) is 0 Å². The molecule has 0 saturated carbocycles. The zero-order valence-corrected chi connectivity index (χ0v) is 11.6. The van der Waals surface area contributed by atoms with Crippen LogP contribution in [-0.2, 0) is 6.42 Å². The molecular weight excluding hydrogens is 246 g/mol. The van der Waals surface area contributed by atoms with Gasteiger partial charge < -0.3 is 5.73 Å². The average molecular weight is 263 g/mol. The van der Waals surface area contributed by atoms with Crippen LogP contribution in [0.1, 0.15) is 23.4 Å². The van der Waals surface area contributed by atoms with Gasteiger partial charge >= 0.3 is 0 Å². The average Bonchev–Trinajstić information content (AvgIpc) is 2.83. The molecule has 1 heterocycles. The maximum atomic E-state index is 6.21. The molecule has 0 aliphatic rings. The molecule has 1 aromatic heterocycles. The summed E-state index contributed by atoms with van der Waals surface area (Å²) < 4.78 is 0. The molecule has 0 spiro atoms. The van der Waals surface area contributed by atoms with Crippen molar-refractivity contribution in [3.05, 3.63) is 52.2 Å². The SMILES string of the molecule is CCSc1ccc(C(N)Cc2cccs2)cc1. The summed E-state index contributed by atoms with van der Waals surface area (Å²) in [7, 11) is 0. The van der Waals surface area contributed by atoms with Crippen LogP contribution >= 0.6 is 23.1 Å². The minimum atomic E-state index is 0.106. The lowest BCUT2D eigenvalue weighted by Gasteiger charge is -2.11. The van der Waals surface area contributed by atoms with Gasteiger partial charge in [-0.2, -0.15) is 0 Å². The van der Waals surface area contributed by atoms with Crippen LogP contribution in [-0.4, -0.2) is 5.75 Å². The van der Waals surface area contributed by atoms with Crippen molar-refractivity contribution in [3.63, 3.8) is 0 Å². The van der Waals surface area contributed by atoms with Gasteiger partial charge in [0, 0.05) is 22.2 Å². The van der Waals surface area contributed by atoms with Crippen molar-refractivity contribution in [2.75, 3.05) is 5.75 Å². The molecule has 1 aromatic carbocycles. The second kappa shape index (κ2) is 6.24. The van der Waals surface area contributed by atoms with Crippen molar-refractivity contribution >= 4 is 23.1 Å². The Morgan fingerprint density at radius 2 is 2.00 bits per heavy atom. The van der Waals surface area contributed by atoms with Crippen LogP contribution in [0, 0.1) is 0 Å². The van der Waals surface area contributed by atoms with E-state index in [0.717, 1.165) is 12.2 Å². The summed E-state index contributed by atoms with van der Waals surface area (Å²) in [5, 5.41) is 2.10. The molecule has 0 amide bonds. The lowest BCUT2D eigenvalue weighted by atomic mass is 10.0. The summed E-state index contributed by atoms with van der Waals surface area (Å²) in [4.78, 5) is 2.67. The minimum Gasteiger partial charge on any atom is -0.324 e. The zero-order chi connectivity index (χ0) is 12.1. The van der Waals surface area contributed by atoms with Crippen LogP contribution in [0.15, 0.2) is 46.7 Å². The first-order chi connectivity index (χ1) is 8.29. The van der Waals surface area contributed by atoms with Gasteiger partial charge in [-0.1, -0.05) is 25.1 Å². The van der Waals surface area contributed by atoms with Crippen LogP contribution in [0.3, 0.4) is 0 Å². The molecule has 1 unspecified atom stereocenters. The maximum Gasteiger partial charge on any atom is 0.0343 e. The van der Waals surface area contributed by atoms with Crippen LogP contribution in [0.2, 0.25) is 0 Å². The summed E-state index contributed by atoms with van der Waals surface area (Å²) in [6.07, 6.45) is 0.929. The molecule has 17 heavy (non-hydrogen) atoms. The van der Waals surface area contributed by atoms with Gasteiger partial charge in [0.2, 0.25) is 0 Å². The highest BCUT2D eigenvalue weighted by Gasteiger charge is 2.07. The van der Waals surface area contributed by atoms with Crippen LogP contribution in [0.4, 0.5) is 0 Å². The molecule has 0 radical (unpaired) electrons. The third-order valence-corrected chi connectivity index (χ3v) is 4.41. The summed E-state index contributed by atoms with van der Waals surface area (Å²) >= 11 is 3.64. The van der Waals surface area contributed by atoms with Crippen molar-refractivity contribution in [1.29, 1.82) is 0 Å². The van der Waals surface area contributed by atoms with Gasteiger partial charge in [0.1, 0.15) is 0 Å². The van der Waals surface area contributed by atoms with Gasteiger partial charge in [-0.15, -0.1) is 23.1 Å². The van der Waals surface area contributed by atoms with Gasteiger partial charge in [0.05, 0.1) is 0 Å². The van der Waals surface area contributed by atoms with Gasteiger partial charge in [0.15, 0.2) is 0 Å². The highest BCUT2D eigenvalue weighted by atomic mass is 32.2. The van der Waals surface area contributed by atoms with E-state index in [-0.39, 0.29) is 6.04 Å². The summed E-state index contributed by atoms with van der Waals surface area (Å²) in [5.41, 5.74) is 7.43. The molecule has 2 aromatic rings. The van der Waals surface area contributed by atoms with Crippen LogP contribution < -0.4 is 5.73 Å². The highest BCUT2D eigenvalue weighted by molar-refractivity contribution is 7.99. The van der Waals surface area contributed by atoms with E-state index in [2.05, 4.69) is 48.7 Å². The largest absolute Gasteiger partial charge is 0.324 e. The van der Waals surface area contributed by atoms with Gasteiger partial charge in [-0.3, -0.25) is 0 Å². The van der Waals surface area contributed by atoms with E-state index in [4.69, 9.17) is 5.73 Å². The number of hydrogen-bond acceptors (Lipinski definition) is 3. The quantitative estimate of drug-likeness (QED) is 0.822. The minimum absolute atomic E-state index is 0.106. The van der Waals surface area contributed by atoms with Crippen molar-refractivity contribution < 1.29 is 0 Å². The number of benzene rings is 1. The first-order valence-electron chi connectivity index (χ1n) is 5.80. The van der Waals surface area contributed by atoms with Crippen LogP contribution in [0.25, 0.3) is 0 Å². The predicted octanol–water partition coefficient (Wildman–Crippen LogP) is 4.10. The first-order valence-corrected chi connectivity index (χ1v) is 7.67. The Morgan fingerprint density at radius 3 is 2.59 bits per heavy atom. The molecule has 0 saturated heterocycles. The number of hydrogen-bond donors (Lipinski definition) is 1. The topological polar surface area (TPSA) is 26.0 Å². The summed E-state index contributed by atoms with van der Waals surface area (Å²) in [6.45, 7) is 2.17. The van der Waals surface area contributed by atoms with E-state index >= 15 is 0 Å². The van der Waals surface area contributed by atoms with Crippen molar-refractivity contribution in [2.45, 2.75) is 24.3 Å². The molecule has 0 aliphatic heterocycles. The molecule has 0 aliphatic carbocycles. The normalized spacial score (nSPS) is 12.6. The second-order valence-corrected chi connectivity index (χ2v) is 6.26. The van der Waals surface area contributed by atoms with Gasteiger partial charge in [-0.05, 0) is 34.9 Å². The smallest absolute Gasteiger partial charge is 0.0343 e. The van der Waals surface area contributed by atoms with Crippen molar-refractivity contribution in [3.8, 4) is 0 Å². The molecule has 1 nitrogen and oxygen atoms in total. The molecule has 2 N–H and O–H groups in total. The fourth-order valence-electron chi connectivity index (χ4n) is 1.74. The third kappa shape index (κ3) is 3.60. The monoisotopic (exact) mass is 263 g/mol. The van der Waals surface area contributed by atoms with E-state index in [1.807, 2.05) is 11.8 Å². The number of rotatable bonds is 5. The Bertz CT molecular complexity index is 434. The predicted molar refractivity (Wildman–Crippen MR) is 77.8 cm³/mol. The number of thiophene rings is 1. The second-order valence-electron chi connectivity index (χ2n) is 3.89. The summed E-state index contributed by atoms with van der Waals surface area (Å²) in [5.74, 6) is 1.11. The molecule has 3 heteroatoms. The van der Waals surface area contributed by atoms with E-state index in [9.17, 15) is 0 Å². The Balaban J connectivity index is 2.01. The zero-order valence-electron chi connectivity index (χ0n) is 9.93. The van der Waals surface area contributed by atoms with Crippen LogP contribution in [0.5, 0.6) is 0 Å². The summed E-state index contributed by atoms with van der Waals surface area (Å²) in [6, 6.07) is 13.0. The molecule has 90 valence electrons. The Kier molecular flexibility index (Phi) is 4.66. The first kappa shape index (κ1) is 12.7. The molecule has 1 atom stereocenters. The Morgan fingerprint density at radius 1 is 1.24 bits per heavy atom. The fourth-order valence-corrected chi connectivity index (χ4v) is 3.17. The maximum absolute atomic E-state index is 6.21. The molecule has 0 bridgehead atoms.